The Bertz CT molecular complexity index is 1820. The van der Waals surface area contributed by atoms with Gasteiger partial charge in [-0.05, 0) is 40.0 Å². The summed E-state index contributed by atoms with van der Waals surface area (Å²) in [5.41, 5.74) is -1.62. The average molecular weight is 604 g/mol. The van der Waals surface area contributed by atoms with Crippen LogP contribution in [0, 0.1) is 0 Å². The normalized spacial score (nSPS) is 20.2. The van der Waals surface area contributed by atoms with Crippen LogP contribution in [0.5, 0.6) is 11.9 Å². The molecule has 0 atom stereocenters. The lowest BCUT2D eigenvalue weighted by Crippen LogP contribution is -2.31. The van der Waals surface area contributed by atoms with E-state index in [2.05, 4.69) is 51.8 Å². The van der Waals surface area contributed by atoms with Crippen LogP contribution in [0.1, 0.15) is 35.2 Å². The molecule has 0 saturated heterocycles. The van der Waals surface area contributed by atoms with Gasteiger partial charge in [0, 0.05) is 32.9 Å². The fraction of sp³-hybridized carbons (Fsp3) is 0.263. The Balaban J connectivity index is 2.18. The second-order valence-electron chi connectivity index (χ2n) is 5.08. The highest BCUT2D eigenvalue weighted by atomic mass is 79.9. The summed E-state index contributed by atoms with van der Waals surface area (Å²) in [7, 11) is -5.42. The second kappa shape index (κ2) is 11.5. The van der Waals surface area contributed by atoms with Crippen molar-refractivity contribution in [1.29, 1.82) is 0 Å². The van der Waals surface area contributed by atoms with Crippen molar-refractivity contribution < 1.29 is 39.8 Å². The Kier molecular flexibility index (Phi) is 3.85. The van der Waals surface area contributed by atoms with E-state index in [-0.39, 0.29) is 8.95 Å². The molecule has 13 heteroatoms. The van der Waals surface area contributed by atoms with Gasteiger partial charge in [0.25, 0.3) is 10.2 Å². The van der Waals surface area contributed by atoms with E-state index >= 15 is 0 Å². The zero-order valence-corrected chi connectivity index (χ0v) is 19.3. The standard InChI is InChI=1S/C19H20Br2N6O4S/c1-2-7-26-32(28,29)27-17-16(13-3-5-14(20)6-4-13)18(25-12-24-17)30-8-9-31-19-22-10-15(21)11-23-19/h3-6,10-12,26H,2,7-9H2,1H3,(H,24,25,27)/i1D3,2D2,3D,4D,5D,6D,7D2,9D2,10D,11D,12D. The fourth-order valence-electron chi connectivity index (χ4n) is 1.89. The molecule has 0 aliphatic carbocycles. The molecular weight excluding hydrogens is 568 g/mol. The highest BCUT2D eigenvalue weighted by molar-refractivity contribution is 9.10. The van der Waals surface area contributed by atoms with Crippen molar-refractivity contribution in [3.05, 3.63) is 51.8 Å². The van der Waals surface area contributed by atoms with Gasteiger partial charge in [-0.25, -0.2) is 19.9 Å². The van der Waals surface area contributed by atoms with Gasteiger partial charge in [-0.1, -0.05) is 34.9 Å². The molecular formula is C19H20Br2N6O4S. The van der Waals surface area contributed by atoms with Crippen LogP contribution in [0.3, 0.4) is 0 Å². The van der Waals surface area contributed by atoms with Crippen LogP contribution in [-0.4, -0.2) is 48.0 Å². The predicted octanol–water partition coefficient (Wildman–Crippen LogP) is 3.57. The number of hydrogen-bond acceptors (Lipinski definition) is 8. The van der Waals surface area contributed by atoms with Gasteiger partial charge in [0.15, 0.2) is 5.82 Å². The van der Waals surface area contributed by atoms with Crippen molar-refractivity contribution >= 4 is 47.9 Å². The van der Waals surface area contributed by atoms with E-state index in [1.165, 1.54) is 4.72 Å². The largest absolute Gasteiger partial charge is 0.473 e. The predicted molar refractivity (Wildman–Crippen MR) is 127 cm³/mol. The van der Waals surface area contributed by atoms with Crippen LogP contribution in [0.25, 0.3) is 11.1 Å². The minimum absolute atomic E-state index is 0.123. The summed E-state index contributed by atoms with van der Waals surface area (Å²) in [4.78, 5) is 14.3. The van der Waals surface area contributed by atoms with Crippen LogP contribution in [-0.2, 0) is 10.2 Å². The Labute approximate surface area is 225 Å². The zero-order valence-electron chi connectivity index (χ0n) is 31.3. The molecule has 0 fully saturated rings. The van der Waals surface area contributed by atoms with Crippen molar-refractivity contribution in [2.45, 2.75) is 13.2 Å². The molecule has 0 unspecified atom stereocenters. The number of rotatable bonds is 11. The van der Waals surface area contributed by atoms with Gasteiger partial charge in [-0.15, -0.1) is 0 Å². The topological polar surface area (TPSA) is 128 Å². The molecule has 0 amide bonds. The maximum absolute atomic E-state index is 13.1. The maximum Gasteiger partial charge on any atom is 0.316 e. The molecule has 3 rings (SSSR count). The van der Waals surface area contributed by atoms with Crippen molar-refractivity contribution in [2.75, 3.05) is 24.4 Å². The first kappa shape index (κ1) is 10.7. The molecule has 10 nitrogen and oxygen atoms in total. The summed E-state index contributed by atoms with van der Waals surface area (Å²) in [6, 6.07) is -3.90. The third kappa shape index (κ3) is 7.08. The van der Waals surface area contributed by atoms with Crippen LogP contribution in [0.4, 0.5) is 5.82 Å². The summed E-state index contributed by atoms with van der Waals surface area (Å²) in [6.07, 6.45) is -5.92. The smallest absolute Gasteiger partial charge is 0.316 e. The van der Waals surface area contributed by atoms with E-state index in [0.29, 0.717) is 0 Å². The highest BCUT2D eigenvalue weighted by Crippen LogP contribution is 2.34. The summed E-state index contributed by atoms with van der Waals surface area (Å²) in [5.74, 6) is -2.02. The molecule has 2 N–H and O–H groups in total. The van der Waals surface area contributed by atoms with Crippen LogP contribution in [0.2, 0.25) is 0 Å². The van der Waals surface area contributed by atoms with Crippen molar-refractivity contribution in [1.82, 2.24) is 24.7 Å². The third-order valence-corrected chi connectivity index (χ3v) is 4.60. The van der Waals surface area contributed by atoms with Crippen LogP contribution in [0.15, 0.2) is 51.8 Å². The summed E-state index contributed by atoms with van der Waals surface area (Å²) in [6.45, 7) is -11.6. The number of ether oxygens (including phenoxy) is 2. The minimum Gasteiger partial charge on any atom is -0.473 e. The lowest BCUT2D eigenvalue weighted by Gasteiger charge is -2.15. The first-order valence-electron chi connectivity index (χ1n) is 15.9. The van der Waals surface area contributed by atoms with Crippen LogP contribution >= 0.6 is 31.9 Å². The number of halogens is 2. The lowest BCUT2D eigenvalue weighted by atomic mass is 10.1. The quantitative estimate of drug-likeness (QED) is 0.340. The van der Waals surface area contributed by atoms with Gasteiger partial charge in [-0.2, -0.15) is 13.1 Å². The Morgan fingerprint density at radius 1 is 1.09 bits per heavy atom. The van der Waals surface area contributed by atoms with E-state index in [1.54, 1.807) is 4.72 Å². The SMILES string of the molecule is [2H]c1nc(NS(=O)(=O)NC([2H])([2H])C([2H])([2H])C([2H])([2H])[2H])c(-c2c([2H])c([2H])c(Br)c([2H])c2[2H])c(OCC([2H])([2H])Oc2nc([2H])c(Br)c([2H])n2)n1. The average Bonchev–Trinajstić information content (AvgIpc) is 2.92. The minimum atomic E-state index is -5.42. The second-order valence-corrected chi connectivity index (χ2v) is 8.08. The number of benzene rings is 1. The molecule has 0 aliphatic heterocycles. The van der Waals surface area contributed by atoms with E-state index < -0.39 is 115 Å². The van der Waals surface area contributed by atoms with E-state index in [1.807, 2.05) is 0 Å². The first-order valence-corrected chi connectivity index (χ1v) is 11.0. The van der Waals surface area contributed by atoms with Gasteiger partial charge in [0.2, 0.25) is 5.88 Å². The van der Waals surface area contributed by atoms with Crippen molar-refractivity contribution in [3.63, 3.8) is 0 Å². The first-order chi connectivity index (χ1) is 21.6. The molecule has 170 valence electrons. The lowest BCUT2D eigenvalue weighted by molar-refractivity contribution is 0.202. The molecule has 1 aromatic carbocycles. The Hall–Kier alpha value is -2.35. The molecule has 0 radical (unpaired) electrons. The molecule has 2 heterocycles. The molecule has 0 bridgehead atoms. The fourth-order valence-corrected chi connectivity index (χ4v) is 2.90. The number of anilines is 1. The third-order valence-electron chi connectivity index (χ3n) is 3.02. The molecule has 32 heavy (non-hydrogen) atoms. The number of aromatic nitrogens is 4. The zero-order chi connectivity index (χ0) is 36.9. The Morgan fingerprint density at radius 2 is 1.84 bits per heavy atom. The summed E-state index contributed by atoms with van der Waals surface area (Å²) >= 11 is 5.79. The molecule has 0 spiro atoms. The summed E-state index contributed by atoms with van der Waals surface area (Å²) < 4.78 is 165. The van der Waals surface area contributed by atoms with E-state index in [9.17, 15) is 8.42 Å². The van der Waals surface area contributed by atoms with Crippen molar-refractivity contribution in [3.8, 4) is 23.0 Å². The Morgan fingerprint density at radius 3 is 2.56 bits per heavy atom. The summed E-state index contributed by atoms with van der Waals surface area (Å²) in [5, 5.41) is 0. The van der Waals surface area contributed by atoms with E-state index in [0.717, 1.165) is 0 Å². The number of nitrogens with zero attached hydrogens (tertiary/aromatic N) is 4. The van der Waals surface area contributed by atoms with Crippen LogP contribution < -0.4 is 18.9 Å². The van der Waals surface area contributed by atoms with Gasteiger partial charge < -0.3 is 9.47 Å². The van der Waals surface area contributed by atoms with Gasteiger partial charge >= 0.3 is 6.01 Å². The van der Waals surface area contributed by atoms with Gasteiger partial charge in [0.1, 0.15) is 20.8 Å². The molecule has 0 aliphatic rings. The van der Waals surface area contributed by atoms with Gasteiger partial charge in [0.05, 0.1) is 21.0 Å². The molecule has 0 saturated carbocycles. The molecule has 3 aromatic rings. The number of hydrogen-bond donors (Lipinski definition) is 2. The molecule has 2 aromatic heterocycles. The van der Waals surface area contributed by atoms with E-state index in [4.69, 9.17) is 31.4 Å². The number of nitrogens with one attached hydrogen (secondary N) is 2. The monoisotopic (exact) mass is 602 g/mol. The van der Waals surface area contributed by atoms with Crippen molar-refractivity contribution in [2.24, 2.45) is 0 Å². The van der Waals surface area contributed by atoms with Gasteiger partial charge in [-0.3, -0.25) is 4.72 Å². The highest BCUT2D eigenvalue weighted by Gasteiger charge is 2.19. The maximum atomic E-state index is 13.1.